The molecular weight excluding hydrogens is 372 g/mol. The van der Waals surface area contributed by atoms with E-state index < -0.39 is 5.79 Å². The third-order valence-corrected chi connectivity index (χ3v) is 5.31. The highest BCUT2D eigenvalue weighted by Crippen LogP contribution is 2.31. The van der Waals surface area contributed by atoms with Crippen LogP contribution < -0.4 is 10.1 Å². The standard InChI is InChI=1S/C21H26N4O4/c1-15-13-18(19(26)25-9-7-21(8-10-25)28-11-12-29-21)24-20(23-15)22-14-16-3-5-17(27-2)6-4-16/h3-6,13H,7-12,14H2,1-2H3,(H,22,23,24). The van der Waals surface area contributed by atoms with E-state index in [0.717, 1.165) is 17.0 Å². The predicted molar refractivity (Wildman–Crippen MR) is 107 cm³/mol. The summed E-state index contributed by atoms with van der Waals surface area (Å²) < 4.78 is 16.7. The third kappa shape index (κ3) is 4.49. The Labute approximate surface area is 170 Å². The van der Waals surface area contributed by atoms with Crippen molar-refractivity contribution in [1.82, 2.24) is 14.9 Å². The Kier molecular flexibility index (Phi) is 5.64. The summed E-state index contributed by atoms with van der Waals surface area (Å²) in [4.78, 5) is 23.6. The maximum absolute atomic E-state index is 13.0. The SMILES string of the molecule is COc1ccc(CNc2nc(C)cc(C(=O)N3CCC4(CC3)OCCO4)n2)cc1. The minimum atomic E-state index is -0.497. The number of amides is 1. The van der Waals surface area contributed by atoms with Crippen molar-refractivity contribution in [3.05, 3.63) is 47.3 Å². The fourth-order valence-electron chi connectivity index (χ4n) is 3.68. The molecule has 8 nitrogen and oxygen atoms in total. The number of hydrogen-bond acceptors (Lipinski definition) is 7. The highest BCUT2D eigenvalue weighted by molar-refractivity contribution is 5.92. The molecule has 0 bridgehead atoms. The fraction of sp³-hybridized carbons (Fsp3) is 0.476. The number of anilines is 1. The fourth-order valence-corrected chi connectivity index (χ4v) is 3.68. The molecule has 2 aliphatic rings. The monoisotopic (exact) mass is 398 g/mol. The second-order valence-electron chi connectivity index (χ2n) is 7.32. The molecule has 1 aromatic heterocycles. The van der Waals surface area contributed by atoms with Crippen LogP contribution in [0.3, 0.4) is 0 Å². The van der Waals surface area contributed by atoms with E-state index in [0.29, 0.717) is 57.3 Å². The number of piperidine rings is 1. The van der Waals surface area contributed by atoms with Gasteiger partial charge in [0, 0.05) is 38.2 Å². The largest absolute Gasteiger partial charge is 0.497 e. The van der Waals surface area contributed by atoms with Gasteiger partial charge in [0.05, 0.1) is 20.3 Å². The number of hydrogen-bond donors (Lipinski definition) is 1. The smallest absolute Gasteiger partial charge is 0.272 e. The first-order valence-corrected chi connectivity index (χ1v) is 9.87. The molecule has 1 amide bonds. The van der Waals surface area contributed by atoms with Gasteiger partial charge in [-0.25, -0.2) is 9.97 Å². The maximum atomic E-state index is 13.0. The summed E-state index contributed by atoms with van der Waals surface area (Å²) in [6.45, 7) is 4.86. The second-order valence-corrected chi connectivity index (χ2v) is 7.32. The van der Waals surface area contributed by atoms with E-state index in [1.54, 1.807) is 13.2 Å². The lowest BCUT2D eigenvalue weighted by molar-refractivity contribution is -0.181. The lowest BCUT2D eigenvalue weighted by atomic mass is 10.0. The van der Waals surface area contributed by atoms with Gasteiger partial charge < -0.3 is 24.4 Å². The quantitative estimate of drug-likeness (QED) is 0.828. The van der Waals surface area contributed by atoms with E-state index in [2.05, 4.69) is 15.3 Å². The molecule has 0 aliphatic carbocycles. The van der Waals surface area contributed by atoms with Crippen molar-refractivity contribution >= 4 is 11.9 Å². The highest BCUT2D eigenvalue weighted by atomic mass is 16.7. The Morgan fingerprint density at radius 2 is 1.86 bits per heavy atom. The summed E-state index contributed by atoms with van der Waals surface area (Å²) in [6.07, 6.45) is 1.37. The van der Waals surface area contributed by atoms with Crippen molar-refractivity contribution in [3.8, 4) is 5.75 Å². The lowest BCUT2D eigenvalue weighted by Gasteiger charge is -2.37. The summed E-state index contributed by atoms with van der Waals surface area (Å²) >= 11 is 0. The number of likely N-dealkylation sites (tertiary alicyclic amines) is 1. The number of aryl methyl sites for hydroxylation is 1. The van der Waals surface area contributed by atoms with E-state index in [-0.39, 0.29) is 5.91 Å². The van der Waals surface area contributed by atoms with Gasteiger partial charge in [0.1, 0.15) is 11.4 Å². The van der Waals surface area contributed by atoms with Crippen LogP contribution in [-0.2, 0) is 16.0 Å². The van der Waals surface area contributed by atoms with Crippen LogP contribution in [0.5, 0.6) is 5.75 Å². The van der Waals surface area contributed by atoms with Gasteiger partial charge >= 0.3 is 0 Å². The molecule has 154 valence electrons. The molecule has 2 saturated heterocycles. The van der Waals surface area contributed by atoms with Crippen LogP contribution in [0, 0.1) is 6.92 Å². The Balaban J connectivity index is 1.40. The van der Waals surface area contributed by atoms with Gasteiger partial charge in [0.2, 0.25) is 5.95 Å². The second kappa shape index (κ2) is 8.34. The molecule has 1 N–H and O–H groups in total. The average Bonchev–Trinajstić information content (AvgIpc) is 3.20. The summed E-state index contributed by atoms with van der Waals surface area (Å²) in [5.74, 6) is 0.671. The van der Waals surface area contributed by atoms with Gasteiger partial charge in [0.15, 0.2) is 5.79 Å². The molecule has 2 aromatic rings. The summed E-state index contributed by atoms with van der Waals surface area (Å²) in [7, 11) is 1.64. The van der Waals surface area contributed by atoms with E-state index in [4.69, 9.17) is 14.2 Å². The molecule has 0 unspecified atom stereocenters. The molecule has 2 fully saturated rings. The van der Waals surface area contributed by atoms with Crippen molar-refractivity contribution in [1.29, 1.82) is 0 Å². The van der Waals surface area contributed by atoms with Gasteiger partial charge in [-0.15, -0.1) is 0 Å². The van der Waals surface area contributed by atoms with Gasteiger partial charge in [-0.3, -0.25) is 4.79 Å². The molecule has 0 atom stereocenters. The number of methoxy groups -OCH3 is 1. The zero-order valence-electron chi connectivity index (χ0n) is 16.8. The van der Waals surface area contributed by atoms with Gasteiger partial charge in [-0.05, 0) is 30.7 Å². The number of nitrogens with one attached hydrogen (secondary N) is 1. The summed E-state index contributed by atoms with van der Waals surface area (Å²) in [5.41, 5.74) is 2.22. The number of ether oxygens (including phenoxy) is 3. The Morgan fingerprint density at radius 3 is 2.52 bits per heavy atom. The molecule has 8 heteroatoms. The van der Waals surface area contributed by atoms with Crippen LogP contribution in [0.2, 0.25) is 0 Å². The zero-order chi connectivity index (χ0) is 20.3. The van der Waals surface area contributed by atoms with Crippen molar-refractivity contribution in [2.24, 2.45) is 0 Å². The zero-order valence-corrected chi connectivity index (χ0v) is 16.8. The van der Waals surface area contributed by atoms with E-state index in [9.17, 15) is 4.79 Å². The molecule has 3 heterocycles. The number of aromatic nitrogens is 2. The van der Waals surface area contributed by atoms with Crippen LogP contribution in [0.1, 0.15) is 34.6 Å². The van der Waals surface area contributed by atoms with E-state index in [1.165, 1.54) is 0 Å². The molecule has 1 aromatic carbocycles. The van der Waals surface area contributed by atoms with Crippen molar-refractivity contribution in [2.45, 2.75) is 32.1 Å². The lowest BCUT2D eigenvalue weighted by Crippen LogP contribution is -2.47. The molecule has 0 saturated carbocycles. The van der Waals surface area contributed by atoms with Crippen LogP contribution in [0.4, 0.5) is 5.95 Å². The van der Waals surface area contributed by atoms with Gasteiger partial charge in [-0.2, -0.15) is 0 Å². The van der Waals surface area contributed by atoms with Crippen LogP contribution in [-0.4, -0.2) is 60.0 Å². The van der Waals surface area contributed by atoms with Crippen LogP contribution in [0.15, 0.2) is 30.3 Å². The topological polar surface area (TPSA) is 85.8 Å². The first kappa shape index (κ1) is 19.6. The number of nitrogens with zero attached hydrogens (tertiary/aromatic N) is 3. The molecule has 4 rings (SSSR count). The molecule has 0 radical (unpaired) electrons. The molecule has 29 heavy (non-hydrogen) atoms. The summed E-state index contributed by atoms with van der Waals surface area (Å²) in [5, 5.41) is 3.20. The number of carbonyl (C=O) groups excluding carboxylic acids is 1. The van der Waals surface area contributed by atoms with Gasteiger partial charge in [-0.1, -0.05) is 12.1 Å². The summed E-state index contributed by atoms with van der Waals surface area (Å²) in [6, 6.07) is 9.50. The van der Waals surface area contributed by atoms with Crippen LogP contribution >= 0.6 is 0 Å². The van der Waals surface area contributed by atoms with Crippen LogP contribution in [0.25, 0.3) is 0 Å². The maximum Gasteiger partial charge on any atom is 0.272 e. The van der Waals surface area contributed by atoms with E-state index in [1.807, 2.05) is 36.1 Å². The third-order valence-electron chi connectivity index (χ3n) is 5.31. The minimum absolute atomic E-state index is 0.0872. The number of rotatable bonds is 5. The number of benzene rings is 1. The first-order valence-electron chi connectivity index (χ1n) is 9.87. The van der Waals surface area contributed by atoms with E-state index >= 15 is 0 Å². The molecule has 2 aliphatic heterocycles. The molecule has 1 spiro atoms. The predicted octanol–water partition coefficient (Wildman–Crippen LogP) is 2.38. The van der Waals surface area contributed by atoms with Crippen molar-refractivity contribution in [3.63, 3.8) is 0 Å². The number of carbonyl (C=O) groups is 1. The first-order chi connectivity index (χ1) is 14.1. The Morgan fingerprint density at radius 1 is 1.17 bits per heavy atom. The normalized spacial score (nSPS) is 18.1. The van der Waals surface area contributed by atoms with Crippen molar-refractivity contribution < 1.29 is 19.0 Å². The molecular formula is C21H26N4O4. The Hall–Kier alpha value is -2.71. The van der Waals surface area contributed by atoms with Crippen molar-refractivity contribution in [2.75, 3.05) is 38.7 Å². The minimum Gasteiger partial charge on any atom is -0.497 e. The Bertz CT molecular complexity index is 855. The average molecular weight is 398 g/mol. The highest BCUT2D eigenvalue weighted by Gasteiger charge is 2.41. The van der Waals surface area contributed by atoms with Gasteiger partial charge in [0.25, 0.3) is 5.91 Å².